The molecule has 0 bridgehead atoms. The van der Waals surface area contributed by atoms with E-state index in [-0.39, 0.29) is 26.2 Å². The molecular formula is C12H4Cl3F3IN. The van der Waals surface area contributed by atoms with Gasteiger partial charge in [0.15, 0.2) is 5.69 Å². The predicted octanol–water partition coefficient (Wildman–Crippen LogP) is 6.33. The number of hydrogen-bond acceptors (Lipinski definition) is 1. The highest BCUT2D eigenvalue weighted by Crippen LogP contribution is 2.43. The molecule has 0 spiro atoms. The van der Waals surface area contributed by atoms with Crippen molar-refractivity contribution >= 4 is 57.4 Å². The van der Waals surface area contributed by atoms with E-state index >= 15 is 0 Å². The molecule has 0 aliphatic carbocycles. The lowest BCUT2D eigenvalue weighted by Gasteiger charge is -2.15. The number of alkyl halides is 3. The van der Waals surface area contributed by atoms with Gasteiger partial charge in [0, 0.05) is 20.9 Å². The zero-order chi connectivity index (χ0) is 15.1. The fourth-order valence-corrected chi connectivity index (χ4v) is 2.97. The lowest BCUT2D eigenvalue weighted by molar-refractivity contribution is -0.140. The first-order valence-electron chi connectivity index (χ1n) is 5.09. The van der Waals surface area contributed by atoms with Gasteiger partial charge < -0.3 is 0 Å². The van der Waals surface area contributed by atoms with Crippen LogP contribution >= 0.6 is 57.4 Å². The Morgan fingerprint density at radius 2 is 1.65 bits per heavy atom. The standard InChI is InChI=1S/C12H4Cl3F3IN/c13-6-2-1-5(9(14)10(6)15)8-7(19)3-4-20-11(8)12(16,17)18/h1-4H. The molecule has 0 amide bonds. The minimum atomic E-state index is -4.59. The maximum atomic E-state index is 13.1. The summed E-state index contributed by atoms with van der Waals surface area (Å²) in [5, 5.41) is 0.155. The summed E-state index contributed by atoms with van der Waals surface area (Å²) >= 11 is 19.5. The van der Waals surface area contributed by atoms with Crippen molar-refractivity contribution in [1.29, 1.82) is 0 Å². The van der Waals surface area contributed by atoms with Crippen molar-refractivity contribution in [2.75, 3.05) is 0 Å². The first kappa shape index (κ1) is 16.1. The molecule has 106 valence electrons. The SMILES string of the molecule is FC(F)(F)c1nccc(I)c1-c1ccc(Cl)c(Cl)c1Cl. The van der Waals surface area contributed by atoms with Gasteiger partial charge in [-0.05, 0) is 34.7 Å². The number of hydrogen-bond donors (Lipinski definition) is 0. The van der Waals surface area contributed by atoms with Gasteiger partial charge in [0.2, 0.25) is 0 Å². The summed E-state index contributed by atoms with van der Waals surface area (Å²) in [7, 11) is 0. The molecule has 2 rings (SSSR count). The molecule has 2 aromatic rings. The van der Waals surface area contributed by atoms with Gasteiger partial charge in [-0.2, -0.15) is 13.2 Å². The molecule has 1 aromatic heterocycles. The molecule has 1 aromatic carbocycles. The second kappa shape index (κ2) is 5.87. The Bertz CT molecular complexity index is 674. The van der Waals surface area contributed by atoms with Crippen LogP contribution in [0.5, 0.6) is 0 Å². The van der Waals surface area contributed by atoms with Gasteiger partial charge in [0.1, 0.15) is 0 Å². The summed E-state index contributed by atoms with van der Waals surface area (Å²) in [6, 6.07) is 4.25. The molecule has 0 aliphatic rings. The zero-order valence-corrected chi connectivity index (χ0v) is 13.8. The maximum Gasteiger partial charge on any atom is 0.433 e. The summed E-state index contributed by atoms with van der Waals surface area (Å²) in [6.45, 7) is 0. The molecule has 0 saturated carbocycles. The minimum absolute atomic E-state index is 0.0126. The van der Waals surface area contributed by atoms with Gasteiger partial charge in [0.05, 0.1) is 15.1 Å². The summed E-state index contributed by atoms with van der Waals surface area (Å²) < 4.78 is 39.5. The van der Waals surface area contributed by atoms with E-state index < -0.39 is 11.9 Å². The van der Waals surface area contributed by atoms with E-state index in [1.807, 2.05) is 0 Å². The summed E-state index contributed by atoms with van der Waals surface area (Å²) in [6.07, 6.45) is -3.49. The van der Waals surface area contributed by atoms with Crippen molar-refractivity contribution in [3.05, 3.63) is 48.7 Å². The predicted molar refractivity (Wildman–Crippen MR) is 82.4 cm³/mol. The Kier molecular flexibility index (Phi) is 4.73. The van der Waals surface area contributed by atoms with Crippen LogP contribution in [0.3, 0.4) is 0 Å². The van der Waals surface area contributed by atoms with Crippen molar-refractivity contribution in [3.8, 4) is 11.1 Å². The zero-order valence-electron chi connectivity index (χ0n) is 9.40. The largest absolute Gasteiger partial charge is 0.433 e. The van der Waals surface area contributed by atoms with Crippen LogP contribution in [-0.2, 0) is 6.18 Å². The molecule has 1 heterocycles. The number of benzene rings is 1. The average molecular weight is 452 g/mol. The first-order chi connectivity index (χ1) is 9.23. The van der Waals surface area contributed by atoms with Crippen LogP contribution in [0.25, 0.3) is 11.1 Å². The highest BCUT2D eigenvalue weighted by Gasteiger charge is 2.37. The molecule has 1 nitrogen and oxygen atoms in total. The molecule has 20 heavy (non-hydrogen) atoms. The molecule has 0 fully saturated rings. The van der Waals surface area contributed by atoms with Gasteiger partial charge >= 0.3 is 6.18 Å². The Balaban J connectivity index is 2.80. The average Bonchev–Trinajstić information content (AvgIpc) is 2.36. The molecule has 0 N–H and O–H groups in total. The Morgan fingerprint density at radius 3 is 2.25 bits per heavy atom. The smallest absolute Gasteiger partial charge is 0.251 e. The summed E-state index contributed by atoms with van der Waals surface area (Å²) in [5.41, 5.74) is -0.972. The Labute approximate surface area is 141 Å². The lowest BCUT2D eigenvalue weighted by Crippen LogP contribution is -2.11. The highest BCUT2D eigenvalue weighted by molar-refractivity contribution is 14.1. The molecule has 0 atom stereocenters. The first-order valence-corrected chi connectivity index (χ1v) is 7.30. The summed E-state index contributed by atoms with van der Waals surface area (Å²) in [4.78, 5) is 3.42. The van der Waals surface area contributed by atoms with Gasteiger partial charge in [-0.1, -0.05) is 40.9 Å². The van der Waals surface area contributed by atoms with Crippen molar-refractivity contribution < 1.29 is 13.2 Å². The summed E-state index contributed by atoms with van der Waals surface area (Å²) in [5.74, 6) is 0. The Hall–Kier alpha value is -0.240. The normalized spacial score (nSPS) is 11.8. The fourth-order valence-electron chi connectivity index (χ4n) is 1.63. The number of nitrogens with zero attached hydrogens (tertiary/aromatic N) is 1. The van der Waals surface area contributed by atoms with Crippen molar-refractivity contribution in [2.45, 2.75) is 6.18 Å². The van der Waals surface area contributed by atoms with Crippen molar-refractivity contribution in [1.82, 2.24) is 4.98 Å². The van der Waals surface area contributed by atoms with E-state index in [0.717, 1.165) is 6.20 Å². The van der Waals surface area contributed by atoms with Crippen molar-refractivity contribution in [2.24, 2.45) is 0 Å². The molecule has 0 radical (unpaired) electrons. The number of rotatable bonds is 1. The van der Waals surface area contributed by atoms with E-state index in [0.29, 0.717) is 3.57 Å². The molecule has 8 heteroatoms. The highest BCUT2D eigenvalue weighted by atomic mass is 127. The van der Waals surface area contributed by atoms with Crippen LogP contribution in [0.2, 0.25) is 15.1 Å². The van der Waals surface area contributed by atoms with Gasteiger partial charge in [-0.25, -0.2) is 0 Å². The van der Waals surface area contributed by atoms with Crippen LogP contribution in [0.4, 0.5) is 13.2 Å². The molecule has 0 aliphatic heterocycles. The van der Waals surface area contributed by atoms with E-state index in [1.165, 1.54) is 18.2 Å². The minimum Gasteiger partial charge on any atom is -0.251 e. The van der Waals surface area contributed by atoms with Crippen LogP contribution in [-0.4, -0.2) is 4.98 Å². The molecule has 0 saturated heterocycles. The topological polar surface area (TPSA) is 12.9 Å². The third-order valence-electron chi connectivity index (χ3n) is 2.47. The van der Waals surface area contributed by atoms with E-state index in [2.05, 4.69) is 4.98 Å². The number of aromatic nitrogens is 1. The Morgan fingerprint density at radius 1 is 1.00 bits per heavy atom. The third kappa shape index (κ3) is 3.00. The van der Waals surface area contributed by atoms with Crippen LogP contribution in [0.15, 0.2) is 24.4 Å². The third-order valence-corrected chi connectivity index (χ3v) is 4.67. The second-order valence-corrected chi connectivity index (χ2v) is 6.06. The van der Waals surface area contributed by atoms with Crippen LogP contribution < -0.4 is 0 Å². The van der Waals surface area contributed by atoms with E-state index in [9.17, 15) is 13.2 Å². The van der Waals surface area contributed by atoms with E-state index in [4.69, 9.17) is 34.8 Å². The van der Waals surface area contributed by atoms with E-state index in [1.54, 1.807) is 22.6 Å². The number of pyridine rings is 1. The van der Waals surface area contributed by atoms with Crippen LogP contribution in [0, 0.1) is 3.57 Å². The fraction of sp³-hybridized carbons (Fsp3) is 0.0833. The monoisotopic (exact) mass is 451 g/mol. The quantitative estimate of drug-likeness (QED) is 0.364. The second-order valence-electron chi connectivity index (χ2n) is 3.74. The number of halogens is 7. The van der Waals surface area contributed by atoms with Gasteiger partial charge in [-0.3, -0.25) is 4.98 Å². The van der Waals surface area contributed by atoms with Crippen LogP contribution in [0.1, 0.15) is 5.69 Å². The molecule has 0 unspecified atom stereocenters. The maximum absolute atomic E-state index is 13.1. The van der Waals surface area contributed by atoms with Gasteiger partial charge in [0.25, 0.3) is 0 Å². The molecular weight excluding hydrogens is 448 g/mol. The van der Waals surface area contributed by atoms with Gasteiger partial charge in [-0.15, -0.1) is 0 Å². The lowest BCUT2D eigenvalue weighted by atomic mass is 10.0. The van der Waals surface area contributed by atoms with Crippen molar-refractivity contribution in [3.63, 3.8) is 0 Å².